The van der Waals surface area contributed by atoms with Crippen molar-refractivity contribution >= 4 is 0 Å². The largest absolute Gasteiger partial charge is 0.357 e. The number of aromatic nitrogens is 1. The molecule has 1 N–H and O–H groups in total. The normalized spacial score (nSPS) is 9.91. The van der Waals surface area contributed by atoms with Crippen molar-refractivity contribution in [1.29, 1.82) is 0 Å². The van der Waals surface area contributed by atoms with Crippen molar-refractivity contribution in [1.82, 2.24) is 9.88 Å². The summed E-state index contributed by atoms with van der Waals surface area (Å²) < 4.78 is 2.05. The fraction of sp³-hybridized carbons (Fsp3) is 0.333. The predicted octanol–water partition coefficient (Wildman–Crippen LogP) is 1.30. The Kier molecular flexibility index (Phi) is 2.93. The first-order valence-corrected chi connectivity index (χ1v) is 3.75. The van der Waals surface area contributed by atoms with Gasteiger partial charge in [0, 0.05) is 32.5 Å². The van der Waals surface area contributed by atoms with Crippen molar-refractivity contribution in [3.8, 4) is 0 Å². The average Bonchev–Trinajstić information content (AvgIpc) is 2.37. The third-order valence-corrected chi connectivity index (χ3v) is 1.51. The zero-order chi connectivity index (χ0) is 8.10. The number of hydrogen-bond acceptors (Lipinski definition) is 1. The van der Waals surface area contributed by atoms with Crippen LogP contribution in [0, 0.1) is 0 Å². The maximum absolute atomic E-state index is 3.63. The Morgan fingerprint density at radius 1 is 1.73 bits per heavy atom. The highest BCUT2D eigenvalue weighted by molar-refractivity contribution is 5.09. The highest BCUT2D eigenvalue weighted by Crippen LogP contribution is 1.97. The Bertz CT molecular complexity index is 225. The fourth-order valence-corrected chi connectivity index (χ4v) is 0.984. The van der Waals surface area contributed by atoms with Crippen LogP contribution in [0.3, 0.4) is 0 Å². The van der Waals surface area contributed by atoms with E-state index >= 15 is 0 Å². The highest BCUT2D eigenvalue weighted by Gasteiger charge is 1.91. The Balaban J connectivity index is 2.32. The maximum atomic E-state index is 3.63. The van der Waals surface area contributed by atoms with Gasteiger partial charge in [-0.05, 0) is 11.6 Å². The van der Waals surface area contributed by atoms with Crippen LogP contribution in [0.25, 0.3) is 0 Å². The van der Waals surface area contributed by atoms with Gasteiger partial charge in [0.1, 0.15) is 0 Å². The summed E-state index contributed by atoms with van der Waals surface area (Å²) in [6.07, 6.45) is 6.02. The summed E-state index contributed by atoms with van der Waals surface area (Å²) in [5, 5.41) is 3.23. The molecule has 1 aromatic heterocycles. The molecule has 0 aromatic carbocycles. The molecular formula is C9H14N2. The second kappa shape index (κ2) is 3.98. The van der Waals surface area contributed by atoms with Crippen LogP contribution in [0.4, 0.5) is 0 Å². The molecule has 2 nitrogen and oxygen atoms in total. The van der Waals surface area contributed by atoms with E-state index in [0.717, 1.165) is 13.1 Å². The monoisotopic (exact) mass is 150 g/mol. The predicted molar refractivity (Wildman–Crippen MR) is 47.3 cm³/mol. The standard InChI is InChI=1S/C9H14N2/c1-3-5-10-7-9-4-6-11(2)8-9/h3-4,6,8,10H,1,5,7H2,2H3. The Morgan fingerprint density at radius 3 is 3.09 bits per heavy atom. The average molecular weight is 150 g/mol. The van der Waals surface area contributed by atoms with Gasteiger partial charge in [0.15, 0.2) is 0 Å². The Hall–Kier alpha value is -1.02. The summed E-state index contributed by atoms with van der Waals surface area (Å²) in [4.78, 5) is 0. The molecule has 0 spiro atoms. The number of nitrogens with zero attached hydrogens (tertiary/aromatic N) is 1. The van der Waals surface area contributed by atoms with Crippen LogP contribution in [-0.2, 0) is 13.6 Å². The second-order valence-corrected chi connectivity index (χ2v) is 2.60. The van der Waals surface area contributed by atoms with Crippen LogP contribution in [-0.4, -0.2) is 11.1 Å². The van der Waals surface area contributed by atoms with Gasteiger partial charge in [0.2, 0.25) is 0 Å². The van der Waals surface area contributed by atoms with Gasteiger partial charge in [-0.2, -0.15) is 0 Å². The molecular weight excluding hydrogens is 136 g/mol. The van der Waals surface area contributed by atoms with Crippen LogP contribution in [0.5, 0.6) is 0 Å². The van der Waals surface area contributed by atoms with Gasteiger partial charge in [-0.1, -0.05) is 6.08 Å². The molecule has 0 aliphatic rings. The van der Waals surface area contributed by atoms with Crippen molar-refractivity contribution < 1.29 is 0 Å². The maximum Gasteiger partial charge on any atom is 0.0223 e. The van der Waals surface area contributed by atoms with Gasteiger partial charge in [0.25, 0.3) is 0 Å². The topological polar surface area (TPSA) is 17.0 Å². The van der Waals surface area contributed by atoms with Crippen molar-refractivity contribution in [3.63, 3.8) is 0 Å². The van der Waals surface area contributed by atoms with Gasteiger partial charge in [-0.25, -0.2) is 0 Å². The van der Waals surface area contributed by atoms with E-state index in [-0.39, 0.29) is 0 Å². The fourth-order valence-electron chi connectivity index (χ4n) is 0.984. The van der Waals surface area contributed by atoms with Gasteiger partial charge in [-0.3, -0.25) is 0 Å². The van der Waals surface area contributed by atoms with Crippen LogP contribution in [0.1, 0.15) is 5.56 Å². The lowest BCUT2D eigenvalue weighted by Crippen LogP contribution is -2.11. The van der Waals surface area contributed by atoms with Crippen molar-refractivity contribution in [3.05, 3.63) is 36.7 Å². The third-order valence-electron chi connectivity index (χ3n) is 1.51. The first-order valence-electron chi connectivity index (χ1n) is 3.75. The van der Waals surface area contributed by atoms with Crippen molar-refractivity contribution in [2.75, 3.05) is 6.54 Å². The Morgan fingerprint density at radius 2 is 2.55 bits per heavy atom. The SMILES string of the molecule is C=CCNCc1ccn(C)c1. The smallest absolute Gasteiger partial charge is 0.0223 e. The van der Waals surface area contributed by atoms with E-state index in [1.807, 2.05) is 23.9 Å². The molecule has 0 amide bonds. The molecule has 60 valence electrons. The second-order valence-electron chi connectivity index (χ2n) is 2.60. The molecule has 11 heavy (non-hydrogen) atoms. The van der Waals surface area contributed by atoms with Crippen LogP contribution in [0.2, 0.25) is 0 Å². The van der Waals surface area contributed by atoms with E-state index in [2.05, 4.69) is 24.2 Å². The lowest BCUT2D eigenvalue weighted by Gasteiger charge is -1.96. The zero-order valence-corrected chi connectivity index (χ0v) is 6.88. The van der Waals surface area contributed by atoms with Crippen LogP contribution in [0.15, 0.2) is 31.1 Å². The summed E-state index contributed by atoms with van der Waals surface area (Å²) in [6.45, 7) is 5.42. The molecule has 0 saturated carbocycles. The van der Waals surface area contributed by atoms with Gasteiger partial charge in [0.05, 0.1) is 0 Å². The molecule has 0 bridgehead atoms. The molecule has 0 saturated heterocycles. The number of hydrogen-bond donors (Lipinski definition) is 1. The third kappa shape index (κ3) is 2.60. The number of nitrogens with one attached hydrogen (secondary N) is 1. The van der Waals surface area contributed by atoms with Gasteiger partial charge in [-0.15, -0.1) is 6.58 Å². The number of aryl methyl sites for hydroxylation is 1. The first-order chi connectivity index (χ1) is 5.33. The van der Waals surface area contributed by atoms with E-state index in [1.165, 1.54) is 5.56 Å². The molecule has 1 rings (SSSR count). The summed E-state index contributed by atoms with van der Waals surface area (Å²) in [5.74, 6) is 0. The summed E-state index contributed by atoms with van der Waals surface area (Å²) in [7, 11) is 2.02. The van der Waals surface area contributed by atoms with E-state index in [0.29, 0.717) is 0 Å². The minimum atomic E-state index is 0.870. The summed E-state index contributed by atoms with van der Waals surface area (Å²) >= 11 is 0. The Labute approximate surface area is 67.5 Å². The van der Waals surface area contributed by atoms with Crippen LogP contribution < -0.4 is 5.32 Å². The molecule has 0 unspecified atom stereocenters. The minimum absolute atomic E-state index is 0.870. The lowest BCUT2D eigenvalue weighted by molar-refractivity contribution is 0.757. The summed E-state index contributed by atoms with van der Waals surface area (Å²) in [6, 6.07) is 2.11. The first kappa shape index (κ1) is 8.08. The molecule has 0 atom stereocenters. The van der Waals surface area contributed by atoms with E-state index < -0.39 is 0 Å². The van der Waals surface area contributed by atoms with Crippen molar-refractivity contribution in [2.45, 2.75) is 6.54 Å². The summed E-state index contributed by atoms with van der Waals surface area (Å²) in [5.41, 5.74) is 1.31. The zero-order valence-electron chi connectivity index (χ0n) is 6.88. The van der Waals surface area contributed by atoms with Crippen molar-refractivity contribution in [2.24, 2.45) is 7.05 Å². The molecule has 0 aliphatic heterocycles. The van der Waals surface area contributed by atoms with E-state index in [1.54, 1.807) is 0 Å². The van der Waals surface area contributed by atoms with Gasteiger partial charge < -0.3 is 9.88 Å². The highest BCUT2D eigenvalue weighted by atomic mass is 14.9. The van der Waals surface area contributed by atoms with E-state index in [9.17, 15) is 0 Å². The molecule has 0 aliphatic carbocycles. The van der Waals surface area contributed by atoms with E-state index in [4.69, 9.17) is 0 Å². The molecule has 2 heteroatoms. The molecule has 0 radical (unpaired) electrons. The lowest BCUT2D eigenvalue weighted by atomic mass is 10.3. The molecule has 1 aromatic rings. The van der Waals surface area contributed by atoms with Crippen LogP contribution >= 0.6 is 0 Å². The molecule has 1 heterocycles. The number of rotatable bonds is 4. The van der Waals surface area contributed by atoms with Gasteiger partial charge >= 0.3 is 0 Å². The quantitative estimate of drug-likeness (QED) is 0.505. The molecule has 0 fully saturated rings. The minimum Gasteiger partial charge on any atom is -0.357 e.